The van der Waals surface area contributed by atoms with Crippen molar-refractivity contribution in [3.8, 4) is 0 Å². The van der Waals surface area contributed by atoms with Crippen molar-refractivity contribution < 1.29 is 19.4 Å². The van der Waals surface area contributed by atoms with E-state index in [9.17, 15) is 9.59 Å². The first-order chi connectivity index (χ1) is 9.06. The molecule has 0 heterocycles. The van der Waals surface area contributed by atoms with Gasteiger partial charge >= 0.3 is 12.1 Å². The van der Waals surface area contributed by atoms with Gasteiger partial charge in [0.25, 0.3) is 0 Å². The molecule has 1 aromatic rings. The lowest BCUT2D eigenvalue weighted by Gasteiger charge is -2.23. The third-order valence-electron chi connectivity index (χ3n) is 2.65. The van der Waals surface area contributed by atoms with Crippen LogP contribution in [0, 0.1) is 0 Å². The van der Waals surface area contributed by atoms with Crippen LogP contribution in [-0.4, -0.2) is 40.9 Å². The number of hydrogen-bond acceptors (Lipinski definition) is 4. The van der Waals surface area contributed by atoms with E-state index in [0.717, 1.165) is 10.5 Å². The van der Waals surface area contributed by atoms with E-state index in [-0.39, 0.29) is 13.0 Å². The molecule has 1 unspecified atom stereocenters. The largest absolute Gasteiger partial charge is 0.480 e. The van der Waals surface area contributed by atoms with Crippen LogP contribution < -0.4 is 0 Å². The molecule has 1 rings (SSSR count). The standard InChI is InChI=1S/C13H17NO4S/c1-14(11(7-8-19)12(15)16)13(17)18-9-10-5-3-2-4-6-10/h2-6,11,19H,7-9H2,1H3,(H,15,16). The quantitative estimate of drug-likeness (QED) is 0.784. The van der Waals surface area contributed by atoms with E-state index in [4.69, 9.17) is 9.84 Å². The van der Waals surface area contributed by atoms with Gasteiger partial charge in [-0.25, -0.2) is 9.59 Å². The van der Waals surface area contributed by atoms with E-state index in [1.807, 2.05) is 30.3 Å². The Balaban J connectivity index is 2.54. The predicted octanol–water partition coefficient (Wildman–Crippen LogP) is 2.03. The van der Waals surface area contributed by atoms with Crippen molar-refractivity contribution in [2.75, 3.05) is 12.8 Å². The number of carbonyl (C=O) groups excluding carboxylic acids is 1. The van der Waals surface area contributed by atoms with Gasteiger partial charge in [-0.1, -0.05) is 30.3 Å². The average molecular weight is 283 g/mol. The number of rotatable bonds is 6. The predicted molar refractivity (Wildman–Crippen MR) is 74.3 cm³/mol. The first kappa shape index (κ1) is 15.4. The maximum Gasteiger partial charge on any atom is 0.410 e. The minimum atomic E-state index is -1.06. The van der Waals surface area contributed by atoms with Crippen LogP contribution in [0.2, 0.25) is 0 Å². The molecule has 0 aromatic heterocycles. The molecule has 0 aliphatic heterocycles. The first-order valence-electron chi connectivity index (χ1n) is 5.83. The number of likely N-dealkylation sites (N-methyl/N-ethyl adjacent to an activating group) is 1. The fourth-order valence-electron chi connectivity index (χ4n) is 1.55. The molecule has 19 heavy (non-hydrogen) atoms. The Morgan fingerprint density at radius 1 is 1.37 bits per heavy atom. The summed E-state index contributed by atoms with van der Waals surface area (Å²) in [5.41, 5.74) is 0.852. The molecular weight excluding hydrogens is 266 g/mol. The van der Waals surface area contributed by atoms with E-state index >= 15 is 0 Å². The zero-order valence-corrected chi connectivity index (χ0v) is 11.5. The summed E-state index contributed by atoms with van der Waals surface area (Å²) in [6.07, 6.45) is -0.381. The Hall–Kier alpha value is -1.69. The van der Waals surface area contributed by atoms with Crippen LogP contribution in [0.15, 0.2) is 30.3 Å². The second-order valence-corrected chi connectivity index (χ2v) is 4.46. The van der Waals surface area contributed by atoms with Crippen molar-refractivity contribution in [2.45, 2.75) is 19.1 Å². The highest BCUT2D eigenvalue weighted by molar-refractivity contribution is 7.80. The zero-order chi connectivity index (χ0) is 14.3. The molecule has 0 fully saturated rings. The van der Waals surface area contributed by atoms with E-state index in [1.165, 1.54) is 7.05 Å². The van der Waals surface area contributed by atoms with Gasteiger partial charge < -0.3 is 9.84 Å². The molecule has 1 aromatic carbocycles. The minimum Gasteiger partial charge on any atom is -0.480 e. The zero-order valence-electron chi connectivity index (χ0n) is 10.7. The molecule has 0 spiro atoms. The Morgan fingerprint density at radius 2 is 2.00 bits per heavy atom. The molecule has 0 radical (unpaired) electrons. The monoisotopic (exact) mass is 283 g/mol. The van der Waals surface area contributed by atoms with Gasteiger partial charge in [0.2, 0.25) is 0 Å². The summed E-state index contributed by atoms with van der Waals surface area (Å²) >= 11 is 3.98. The molecule has 1 amide bonds. The topological polar surface area (TPSA) is 66.8 Å². The van der Waals surface area contributed by atoms with E-state index in [2.05, 4.69) is 12.6 Å². The molecule has 1 atom stereocenters. The molecule has 0 aliphatic carbocycles. The molecule has 104 valence electrons. The lowest BCUT2D eigenvalue weighted by atomic mass is 10.2. The van der Waals surface area contributed by atoms with Gasteiger partial charge in [0.15, 0.2) is 0 Å². The van der Waals surface area contributed by atoms with Crippen molar-refractivity contribution in [1.29, 1.82) is 0 Å². The highest BCUT2D eigenvalue weighted by Crippen LogP contribution is 2.08. The van der Waals surface area contributed by atoms with Crippen LogP contribution in [0.4, 0.5) is 4.79 Å². The number of thiol groups is 1. The SMILES string of the molecule is CN(C(=O)OCc1ccccc1)C(CCS)C(=O)O. The fraction of sp³-hybridized carbons (Fsp3) is 0.385. The number of benzene rings is 1. The van der Waals surface area contributed by atoms with Crippen LogP contribution in [0.3, 0.4) is 0 Å². The number of carbonyl (C=O) groups is 2. The lowest BCUT2D eigenvalue weighted by Crippen LogP contribution is -2.42. The van der Waals surface area contributed by atoms with Crippen LogP contribution in [0.5, 0.6) is 0 Å². The van der Waals surface area contributed by atoms with Crippen molar-refractivity contribution in [1.82, 2.24) is 4.90 Å². The van der Waals surface area contributed by atoms with Gasteiger partial charge in [-0.05, 0) is 17.7 Å². The fourth-order valence-corrected chi connectivity index (χ4v) is 1.80. The summed E-state index contributed by atoms with van der Waals surface area (Å²) in [6.45, 7) is 0.122. The normalized spacial score (nSPS) is 11.7. The summed E-state index contributed by atoms with van der Waals surface area (Å²) in [5.74, 6) is -0.680. The molecule has 5 nitrogen and oxygen atoms in total. The summed E-state index contributed by atoms with van der Waals surface area (Å²) in [6, 6.07) is 8.29. The van der Waals surface area contributed by atoms with Crippen molar-refractivity contribution in [2.24, 2.45) is 0 Å². The summed E-state index contributed by atoms with van der Waals surface area (Å²) in [5, 5.41) is 9.03. The van der Waals surface area contributed by atoms with Gasteiger partial charge in [0.05, 0.1) is 0 Å². The molecule has 1 N–H and O–H groups in total. The maximum atomic E-state index is 11.8. The number of carboxylic acid groups (broad SMARTS) is 1. The summed E-state index contributed by atoms with van der Waals surface area (Å²) in [7, 11) is 1.41. The Morgan fingerprint density at radius 3 is 2.53 bits per heavy atom. The third-order valence-corrected chi connectivity index (χ3v) is 2.91. The second-order valence-electron chi connectivity index (χ2n) is 4.02. The third kappa shape index (κ3) is 4.82. The highest BCUT2D eigenvalue weighted by atomic mass is 32.1. The van der Waals surface area contributed by atoms with Gasteiger partial charge in [-0.2, -0.15) is 12.6 Å². The number of ether oxygens (including phenoxy) is 1. The molecule has 0 bridgehead atoms. The van der Waals surface area contributed by atoms with E-state index < -0.39 is 18.1 Å². The highest BCUT2D eigenvalue weighted by Gasteiger charge is 2.26. The number of aliphatic carboxylic acids is 1. The van der Waals surface area contributed by atoms with Crippen LogP contribution >= 0.6 is 12.6 Å². The smallest absolute Gasteiger partial charge is 0.410 e. The first-order valence-corrected chi connectivity index (χ1v) is 6.46. The van der Waals surface area contributed by atoms with Gasteiger partial charge in [-0.3, -0.25) is 4.90 Å². The Bertz CT molecular complexity index is 424. The second kappa shape index (κ2) is 7.68. The van der Waals surface area contributed by atoms with Gasteiger partial charge in [-0.15, -0.1) is 0 Å². The van der Waals surface area contributed by atoms with E-state index in [0.29, 0.717) is 5.75 Å². The summed E-state index contributed by atoms with van der Waals surface area (Å²) in [4.78, 5) is 23.9. The van der Waals surface area contributed by atoms with Crippen molar-refractivity contribution in [3.63, 3.8) is 0 Å². The van der Waals surface area contributed by atoms with Gasteiger partial charge in [0, 0.05) is 7.05 Å². The number of hydrogen-bond donors (Lipinski definition) is 2. The number of amides is 1. The van der Waals surface area contributed by atoms with Gasteiger partial charge in [0.1, 0.15) is 12.6 Å². The molecule has 0 saturated heterocycles. The minimum absolute atomic E-state index is 0.122. The van der Waals surface area contributed by atoms with Crippen LogP contribution in [0.25, 0.3) is 0 Å². The number of nitrogens with zero attached hydrogens (tertiary/aromatic N) is 1. The van der Waals surface area contributed by atoms with Crippen LogP contribution in [-0.2, 0) is 16.1 Å². The van der Waals surface area contributed by atoms with Crippen LogP contribution in [0.1, 0.15) is 12.0 Å². The molecular formula is C13H17NO4S. The average Bonchev–Trinajstić information content (AvgIpc) is 2.42. The van der Waals surface area contributed by atoms with Crippen molar-refractivity contribution in [3.05, 3.63) is 35.9 Å². The van der Waals surface area contributed by atoms with E-state index in [1.54, 1.807) is 0 Å². The lowest BCUT2D eigenvalue weighted by molar-refractivity contribution is -0.142. The molecule has 0 saturated carbocycles. The Kier molecular flexibility index (Phi) is 6.21. The van der Waals surface area contributed by atoms with Crippen molar-refractivity contribution >= 4 is 24.7 Å². The molecule has 6 heteroatoms. The summed E-state index contributed by atoms with van der Waals surface area (Å²) < 4.78 is 5.07. The maximum absolute atomic E-state index is 11.8. The Labute approximate surface area is 117 Å². The molecule has 0 aliphatic rings. The number of carboxylic acids is 1.